The van der Waals surface area contributed by atoms with Crippen molar-refractivity contribution in [1.29, 1.82) is 0 Å². The molecule has 9 heteroatoms. The topological polar surface area (TPSA) is 119 Å². The highest BCUT2D eigenvalue weighted by atomic mass is 31.2. The fourth-order valence-corrected chi connectivity index (χ4v) is 5.55. The maximum atomic E-state index is 12.3. The van der Waals surface area contributed by atoms with Crippen LogP contribution in [-0.2, 0) is 28.2 Å². The van der Waals surface area contributed by atoms with Gasteiger partial charge in [-0.2, -0.15) is 0 Å². The van der Waals surface area contributed by atoms with Crippen LogP contribution in [0.15, 0.2) is 24.3 Å². The number of unbranched alkanes of at least 4 members (excludes halogenated alkanes) is 21. The minimum atomic E-state index is -4.75. The van der Waals surface area contributed by atoms with E-state index >= 15 is 0 Å². The second kappa shape index (κ2) is 33.4. The highest BCUT2D eigenvalue weighted by Crippen LogP contribution is 2.36. The van der Waals surface area contributed by atoms with Crippen molar-refractivity contribution in [3.05, 3.63) is 24.3 Å². The summed E-state index contributed by atoms with van der Waals surface area (Å²) in [6.45, 7) is 3.64. The van der Waals surface area contributed by atoms with Crippen molar-refractivity contribution in [2.75, 3.05) is 13.2 Å². The van der Waals surface area contributed by atoms with Crippen LogP contribution in [-0.4, -0.2) is 41.0 Å². The Labute approximate surface area is 281 Å². The van der Waals surface area contributed by atoms with E-state index in [4.69, 9.17) is 19.3 Å². The summed E-state index contributed by atoms with van der Waals surface area (Å²) in [6.07, 6.45) is 36.1. The van der Waals surface area contributed by atoms with Crippen molar-refractivity contribution >= 4 is 19.8 Å². The van der Waals surface area contributed by atoms with E-state index in [1.807, 2.05) is 0 Å². The summed E-state index contributed by atoms with van der Waals surface area (Å²) in [5.74, 6) is -0.898. The number of hydrogen-bond donors (Lipinski definition) is 2. The van der Waals surface area contributed by atoms with Crippen molar-refractivity contribution in [2.45, 2.75) is 187 Å². The van der Waals surface area contributed by atoms with E-state index in [0.29, 0.717) is 6.42 Å². The molecule has 0 aliphatic heterocycles. The SMILES string of the molecule is CCCCCC/C=C/C=C/CCCCCCCC(=O)O[C@H](COC(=O)CCCCCCCCCCCCCCC)COP(=O)(O)O. The molecule has 0 spiro atoms. The first-order valence-electron chi connectivity index (χ1n) is 18.6. The molecule has 0 aromatic carbocycles. The maximum Gasteiger partial charge on any atom is 0.469 e. The van der Waals surface area contributed by atoms with Crippen LogP contribution in [0.2, 0.25) is 0 Å². The Bertz CT molecular complexity index is 807. The molecule has 0 saturated carbocycles. The zero-order chi connectivity index (χ0) is 34.0. The Morgan fingerprint density at radius 1 is 0.565 bits per heavy atom. The summed E-state index contributed by atoms with van der Waals surface area (Å²) >= 11 is 0. The van der Waals surface area contributed by atoms with E-state index in [1.165, 1.54) is 89.9 Å². The van der Waals surface area contributed by atoms with Crippen molar-refractivity contribution in [2.24, 2.45) is 0 Å². The van der Waals surface area contributed by atoms with Crippen LogP contribution >= 0.6 is 7.82 Å². The zero-order valence-electron chi connectivity index (χ0n) is 29.5. The van der Waals surface area contributed by atoms with E-state index in [9.17, 15) is 14.2 Å². The van der Waals surface area contributed by atoms with Gasteiger partial charge < -0.3 is 19.3 Å². The van der Waals surface area contributed by atoms with Gasteiger partial charge in [-0.25, -0.2) is 4.57 Å². The second-order valence-corrected chi connectivity index (χ2v) is 13.8. The zero-order valence-corrected chi connectivity index (χ0v) is 30.4. The van der Waals surface area contributed by atoms with Crippen LogP contribution in [0, 0.1) is 0 Å². The molecule has 0 aliphatic carbocycles. The Hall–Kier alpha value is -1.47. The van der Waals surface area contributed by atoms with Gasteiger partial charge >= 0.3 is 19.8 Å². The lowest BCUT2D eigenvalue weighted by atomic mass is 10.0. The number of esters is 2. The third kappa shape index (κ3) is 35.4. The molecule has 0 amide bonds. The van der Waals surface area contributed by atoms with Crippen molar-refractivity contribution < 1.29 is 37.9 Å². The molecule has 1 atom stereocenters. The molecule has 0 aliphatic rings. The third-order valence-corrected chi connectivity index (χ3v) is 8.49. The number of ether oxygens (including phenoxy) is 2. The predicted octanol–water partition coefficient (Wildman–Crippen LogP) is 10.8. The molecule has 0 aromatic rings. The number of hydrogen-bond acceptors (Lipinski definition) is 6. The van der Waals surface area contributed by atoms with Crippen molar-refractivity contribution in [3.63, 3.8) is 0 Å². The molecule has 2 N–H and O–H groups in total. The molecule has 0 aromatic heterocycles. The summed E-state index contributed by atoms with van der Waals surface area (Å²) in [6, 6.07) is 0. The Balaban J connectivity index is 3.99. The van der Waals surface area contributed by atoms with Gasteiger partial charge in [0.1, 0.15) is 6.61 Å². The van der Waals surface area contributed by atoms with Crippen LogP contribution in [0.3, 0.4) is 0 Å². The first-order chi connectivity index (χ1) is 22.3. The predicted molar refractivity (Wildman–Crippen MR) is 189 cm³/mol. The molecular formula is C37H69O8P. The van der Waals surface area contributed by atoms with Crippen molar-refractivity contribution in [1.82, 2.24) is 0 Å². The van der Waals surface area contributed by atoms with Gasteiger partial charge in [0.25, 0.3) is 0 Å². The smallest absolute Gasteiger partial charge is 0.462 e. The maximum absolute atomic E-state index is 12.3. The van der Waals surface area contributed by atoms with Gasteiger partial charge in [0.05, 0.1) is 6.61 Å². The average Bonchev–Trinajstić information content (AvgIpc) is 3.02. The van der Waals surface area contributed by atoms with E-state index < -0.39 is 32.5 Å². The number of phosphoric ester groups is 1. The normalized spacial score (nSPS) is 12.7. The minimum absolute atomic E-state index is 0.197. The highest BCUT2D eigenvalue weighted by molar-refractivity contribution is 7.46. The van der Waals surface area contributed by atoms with Gasteiger partial charge in [0.15, 0.2) is 6.10 Å². The Kier molecular flexibility index (Phi) is 32.4. The van der Waals surface area contributed by atoms with Gasteiger partial charge in [-0.1, -0.05) is 154 Å². The summed E-state index contributed by atoms with van der Waals surface area (Å²) in [5, 5.41) is 0. The molecule has 8 nitrogen and oxygen atoms in total. The summed E-state index contributed by atoms with van der Waals surface area (Å²) < 4.78 is 26.3. The largest absolute Gasteiger partial charge is 0.469 e. The van der Waals surface area contributed by atoms with Crippen LogP contribution in [0.1, 0.15) is 181 Å². The number of carbonyl (C=O) groups excluding carboxylic acids is 2. The van der Waals surface area contributed by atoms with Gasteiger partial charge in [-0.15, -0.1) is 0 Å². The van der Waals surface area contributed by atoms with Crippen molar-refractivity contribution in [3.8, 4) is 0 Å². The third-order valence-electron chi connectivity index (χ3n) is 8.00. The average molecular weight is 673 g/mol. The molecule has 0 radical (unpaired) electrons. The first-order valence-corrected chi connectivity index (χ1v) is 20.2. The number of allylic oxidation sites excluding steroid dienone is 4. The van der Waals surface area contributed by atoms with Crippen LogP contribution in [0.5, 0.6) is 0 Å². The van der Waals surface area contributed by atoms with Gasteiger partial charge in [0.2, 0.25) is 0 Å². The fourth-order valence-electron chi connectivity index (χ4n) is 5.19. The van der Waals surface area contributed by atoms with Crippen LogP contribution in [0.4, 0.5) is 0 Å². The number of carbonyl (C=O) groups is 2. The summed E-state index contributed by atoms with van der Waals surface area (Å²) in [4.78, 5) is 42.6. The van der Waals surface area contributed by atoms with E-state index in [-0.39, 0.29) is 19.4 Å². The molecule has 270 valence electrons. The van der Waals surface area contributed by atoms with Gasteiger partial charge in [-0.05, 0) is 38.5 Å². The monoisotopic (exact) mass is 672 g/mol. The molecule has 0 unspecified atom stereocenters. The van der Waals surface area contributed by atoms with E-state index in [0.717, 1.165) is 57.8 Å². The second-order valence-electron chi connectivity index (χ2n) is 12.6. The molecule has 0 saturated heterocycles. The van der Waals surface area contributed by atoms with E-state index in [1.54, 1.807) is 0 Å². The van der Waals surface area contributed by atoms with Gasteiger partial charge in [0, 0.05) is 12.8 Å². The van der Waals surface area contributed by atoms with Gasteiger partial charge in [-0.3, -0.25) is 14.1 Å². The first kappa shape index (κ1) is 44.5. The molecule has 0 rings (SSSR count). The lowest BCUT2D eigenvalue weighted by Crippen LogP contribution is -2.29. The highest BCUT2D eigenvalue weighted by Gasteiger charge is 2.22. The lowest BCUT2D eigenvalue weighted by molar-refractivity contribution is -0.161. The fraction of sp³-hybridized carbons (Fsp3) is 0.838. The summed E-state index contributed by atoms with van der Waals surface area (Å²) in [7, 11) is -4.75. The Morgan fingerprint density at radius 3 is 1.41 bits per heavy atom. The summed E-state index contributed by atoms with van der Waals surface area (Å²) in [5.41, 5.74) is 0. The van der Waals surface area contributed by atoms with Crippen LogP contribution in [0.25, 0.3) is 0 Å². The molecule has 0 heterocycles. The molecule has 0 bridgehead atoms. The lowest BCUT2D eigenvalue weighted by Gasteiger charge is -2.18. The molecule has 46 heavy (non-hydrogen) atoms. The quantitative estimate of drug-likeness (QED) is 0.0300. The molecule has 0 fully saturated rings. The number of phosphoric acid groups is 1. The van der Waals surface area contributed by atoms with Crippen LogP contribution < -0.4 is 0 Å². The Morgan fingerprint density at radius 2 is 0.957 bits per heavy atom. The molecular weight excluding hydrogens is 603 g/mol. The van der Waals surface area contributed by atoms with E-state index in [2.05, 4.69) is 42.7 Å². The minimum Gasteiger partial charge on any atom is -0.462 e. The number of rotatable bonds is 34. The standard InChI is InChI=1S/C37H69O8P/c1-3-5-7-9-11-13-15-17-18-20-22-24-26-28-30-32-37(39)45-35(34-44-46(40,41)42)33-43-36(38)31-29-27-25-23-21-19-16-14-12-10-8-6-4-2/h13,15,17-18,35H,3-12,14,16,19-34H2,1-2H3,(H2,40,41,42)/b15-13+,18-17+/t35-/m1/s1.